The smallest absolute Gasteiger partial charge is 0.119 e. The number of pyridine rings is 1. The number of aromatic nitrogens is 1. The summed E-state index contributed by atoms with van der Waals surface area (Å²) in [4.78, 5) is 6.94. The summed E-state index contributed by atoms with van der Waals surface area (Å²) in [6, 6.07) is 12.2. The highest BCUT2D eigenvalue weighted by Gasteiger charge is 2.12. The molecule has 126 valence electrons. The standard InChI is InChI=1S/C19H22ClN3O/c1-12(23(2)3)11-21-19-15-7-5-13(20)9-18(15)22-17-8-6-14(24-4)10-16(17)19/h5-10,12H,11H2,1-4H3,(H,21,22). The van der Waals surface area contributed by atoms with Crippen LogP contribution in [0.3, 0.4) is 0 Å². The van der Waals surface area contributed by atoms with Crippen LogP contribution < -0.4 is 10.1 Å². The van der Waals surface area contributed by atoms with Crippen molar-refractivity contribution in [2.45, 2.75) is 13.0 Å². The molecule has 1 N–H and O–H groups in total. The molecule has 5 heteroatoms. The van der Waals surface area contributed by atoms with Gasteiger partial charge in [-0.3, -0.25) is 0 Å². The van der Waals surface area contributed by atoms with E-state index >= 15 is 0 Å². The second-order valence-corrected chi connectivity index (χ2v) is 6.66. The van der Waals surface area contributed by atoms with Gasteiger partial charge in [0.1, 0.15) is 5.75 Å². The number of benzene rings is 2. The zero-order chi connectivity index (χ0) is 17.3. The minimum absolute atomic E-state index is 0.404. The number of nitrogens with one attached hydrogen (secondary N) is 1. The molecule has 3 rings (SSSR count). The highest BCUT2D eigenvalue weighted by Crippen LogP contribution is 2.34. The average molecular weight is 344 g/mol. The van der Waals surface area contributed by atoms with Gasteiger partial charge in [-0.15, -0.1) is 0 Å². The Morgan fingerprint density at radius 1 is 1.12 bits per heavy atom. The van der Waals surface area contributed by atoms with E-state index < -0.39 is 0 Å². The number of methoxy groups -OCH3 is 1. The van der Waals surface area contributed by atoms with E-state index in [1.807, 2.05) is 36.4 Å². The highest BCUT2D eigenvalue weighted by molar-refractivity contribution is 6.31. The second kappa shape index (κ2) is 6.83. The lowest BCUT2D eigenvalue weighted by atomic mass is 10.1. The normalized spacial score (nSPS) is 12.8. The van der Waals surface area contributed by atoms with Gasteiger partial charge in [-0.25, -0.2) is 4.98 Å². The molecule has 0 aliphatic rings. The molecule has 1 unspecified atom stereocenters. The summed E-state index contributed by atoms with van der Waals surface area (Å²) in [7, 11) is 5.84. The highest BCUT2D eigenvalue weighted by atomic mass is 35.5. The van der Waals surface area contributed by atoms with E-state index in [1.54, 1.807) is 7.11 Å². The summed E-state index contributed by atoms with van der Waals surface area (Å²) in [6.07, 6.45) is 0. The minimum Gasteiger partial charge on any atom is -0.497 e. The third-order valence-corrected chi connectivity index (χ3v) is 4.63. The Labute approximate surface area is 147 Å². The molecule has 3 aromatic rings. The maximum atomic E-state index is 6.15. The molecule has 0 radical (unpaired) electrons. The van der Waals surface area contributed by atoms with Crippen LogP contribution in [0.2, 0.25) is 5.02 Å². The third-order valence-electron chi connectivity index (χ3n) is 4.40. The van der Waals surface area contributed by atoms with Crippen LogP contribution in [0.5, 0.6) is 5.75 Å². The van der Waals surface area contributed by atoms with E-state index in [9.17, 15) is 0 Å². The van der Waals surface area contributed by atoms with Crippen LogP contribution >= 0.6 is 11.6 Å². The van der Waals surface area contributed by atoms with E-state index in [4.69, 9.17) is 21.3 Å². The molecule has 0 saturated carbocycles. The zero-order valence-corrected chi connectivity index (χ0v) is 15.2. The molecule has 1 aromatic heterocycles. The number of hydrogen-bond donors (Lipinski definition) is 1. The van der Waals surface area contributed by atoms with E-state index in [0.29, 0.717) is 11.1 Å². The second-order valence-electron chi connectivity index (χ2n) is 6.22. The molecule has 1 atom stereocenters. The Hall–Kier alpha value is -2.04. The van der Waals surface area contributed by atoms with Crippen molar-refractivity contribution in [2.75, 3.05) is 33.1 Å². The summed E-state index contributed by atoms with van der Waals surface area (Å²) in [6.45, 7) is 3.02. The van der Waals surface area contributed by atoms with E-state index in [-0.39, 0.29) is 0 Å². The fourth-order valence-corrected chi connectivity index (χ4v) is 2.81. The number of halogens is 1. The van der Waals surface area contributed by atoms with Crippen LogP contribution in [-0.2, 0) is 0 Å². The average Bonchev–Trinajstić information content (AvgIpc) is 2.57. The van der Waals surface area contributed by atoms with E-state index in [1.165, 1.54) is 0 Å². The summed E-state index contributed by atoms with van der Waals surface area (Å²) in [5.41, 5.74) is 2.88. The molecule has 1 heterocycles. The van der Waals surface area contributed by atoms with Gasteiger partial charge in [-0.05, 0) is 57.4 Å². The lowest BCUT2D eigenvalue weighted by Crippen LogP contribution is -2.31. The van der Waals surface area contributed by atoms with Crippen LogP contribution in [0.4, 0.5) is 5.69 Å². The van der Waals surface area contributed by atoms with Gasteiger partial charge in [0.2, 0.25) is 0 Å². The van der Waals surface area contributed by atoms with Crippen LogP contribution in [0, 0.1) is 0 Å². The van der Waals surface area contributed by atoms with Crippen molar-refractivity contribution in [2.24, 2.45) is 0 Å². The Balaban J connectivity index is 2.18. The van der Waals surface area contributed by atoms with E-state index in [2.05, 4.69) is 31.2 Å². The van der Waals surface area contributed by atoms with Crippen molar-refractivity contribution in [1.29, 1.82) is 0 Å². The maximum absolute atomic E-state index is 6.15. The minimum atomic E-state index is 0.404. The van der Waals surface area contributed by atoms with Crippen molar-refractivity contribution >= 4 is 39.1 Å². The third kappa shape index (κ3) is 3.25. The number of rotatable bonds is 5. The predicted octanol–water partition coefficient (Wildman–Crippen LogP) is 4.41. The van der Waals surface area contributed by atoms with Crippen molar-refractivity contribution in [3.8, 4) is 5.75 Å². The number of ether oxygens (including phenoxy) is 1. The monoisotopic (exact) mass is 343 g/mol. The Kier molecular flexibility index (Phi) is 4.78. The lowest BCUT2D eigenvalue weighted by Gasteiger charge is -2.22. The number of nitrogens with zero attached hydrogens (tertiary/aromatic N) is 2. The first-order chi connectivity index (χ1) is 11.5. The van der Waals surface area contributed by atoms with Crippen molar-refractivity contribution in [3.63, 3.8) is 0 Å². The Morgan fingerprint density at radius 3 is 2.62 bits per heavy atom. The Bertz CT molecular complexity index is 879. The SMILES string of the molecule is COc1ccc2nc3cc(Cl)ccc3c(NCC(C)N(C)C)c2c1. The van der Waals surface area contributed by atoms with Crippen molar-refractivity contribution in [3.05, 3.63) is 41.4 Å². The van der Waals surface area contributed by atoms with Gasteiger partial charge in [-0.2, -0.15) is 0 Å². The first-order valence-corrected chi connectivity index (χ1v) is 8.34. The quantitative estimate of drug-likeness (QED) is 0.696. The first-order valence-electron chi connectivity index (χ1n) is 7.97. The van der Waals surface area contributed by atoms with Crippen LogP contribution in [0.15, 0.2) is 36.4 Å². The van der Waals surface area contributed by atoms with Crippen LogP contribution in [0.25, 0.3) is 21.8 Å². The molecular weight excluding hydrogens is 322 g/mol. The first kappa shape index (κ1) is 16.8. The summed E-state index contributed by atoms with van der Waals surface area (Å²) >= 11 is 6.15. The zero-order valence-electron chi connectivity index (χ0n) is 14.4. The van der Waals surface area contributed by atoms with Gasteiger partial charge in [0.25, 0.3) is 0 Å². The summed E-state index contributed by atoms with van der Waals surface area (Å²) in [5.74, 6) is 0.821. The molecule has 2 aromatic carbocycles. The van der Waals surface area contributed by atoms with Crippen molar-refractivity contribution in [1.82, 2.24) is 9.88 Å². The number of fused-ring (bicyclic) bond motifs is 2. The van der Waals surface area contributed by atoms with E-state index in [0.717, 1.165) is 39.8 Å². The van der Waals surface area contributed by atoms with Gasteiger partial charge in [-0.1, -0.05) is 11.6 Å². The largest absolute Gasteiger partial charge is 0.497 e. The van der Waals surface area contributed by atoms with Crippen LogP contribution in [-0.4, -0.2) is 43.7 Å². The molecule has 0 aliphatic carbocycles. The van der Waals surface area contributed by atoms with Gasteiger partial charge in [0.05, 0.1) is 23.8 Å². The molecule has 0 spiro atoms. The molecule has 0 aliphatic heterocycles. The molecule has 0 saturated heterocycles. The molecule has 4 nitrogen and oxygen atoms in total. The molecule has 0 fully saturated rings. The summed E-state index contributed by atoms with van der Waals surface area (Å²) in [5, 5.41) is 6.40. The molecule has 0 bridgehead atoms. The lowest BCUT2D eigenvalue weighted by molar-refractivity contribution is 0.326. The van der Waals surface area contributed by atoms with Crippen LogP contribution in [0.1, 0.15) is 6.92 Å². The molecule has 0 amide bonds. The predicted molar refractivity (Wildman–Crippen MR) is 102 cm³/mol. The number of likely N-dealkylation sites (N-methyl/N-ethyl adjacent to an activating group) is 1. The fraction of sp³-hybridized carbons (Fsp3) is 0.316. The number of anilines is 1. The number of hydrogen-bond acceptors (Lipinski definition) is 4. The summed E-state index contributed by atoms with van der Waals surface area (Å²) < 4.78 is 5.39. The van der Waals surface area contributed by atoms with Gasteiger partial charge >= 0.3 is 0 Å². The maximum Gasteiger partial charge on any atom is 0.119 e. The van der Waals surface area contributed by atoms with Crippen molar-refractivity contribution < 1.29 is 4.74 Å². The van der Waals surface area contributed by atoms with Gasteiger partial charge in [0.15, 0.2) is 0 Å². The topological polar surface area (TPSA) is 37.4 Å². The van der Waals surface area contributed by atoms with Gasteiger partial charge < -0.3 is 15.0 Å². The molecule has 24 heavy (non-hydrogen) atoms. The van der Waals surface area contributed by atoms with Gasteiger partial charge in [0, 0.05) is 28.4 Å². The Morgan fingerprint density at radius 2 is 1.92 bits per heavy atom. The fourth-order valence-electron chi connectivity index (χ4n) is 2.65. The molecular formula is C19H22ClN3O.